The molecule has 0 radical (unpaired) electrons. The number of ketones is 1. The molecule has 0 saturated carbocycles. The highest BCUT2D eigenvalue weighted by molar-refractivity contribution is 5.93. The van der Waals surface area contributed by atoms with Crippen LogP contribution in [0.3, 0.4) is 0 Å². The normalized spacial score (nSPS) is 28.5. The van der Waals surface area contributed by atoms with Gasteiger partial charge < -0.3 is 0 Å². The molecule has 0 bridgehead atoms. The lowest BCUT2D eigenvalue weighted by Crippen LogP contribution is -2.23. The SMILES string of the molecule is C=CC1CC(C)(C)C=CC1=O. The number of rotatable bonds is 1. The average Bonchev–Trinajstić information content (AvgIpc) is 1.94. The first kappa shape index (κ1) is 8.25. The van der Waals surface area contributed by atoms with Gasteiger partial charge in [0.1, 0.15) is 0 Å². The molecule has 0 amide bonds. The van der Waals surface area contributed by atoms with Crippen molar-refractivity contribution in [3.63, 3.8) is 0 Å². The second-order valence-electron chi connectivity index (χ2n) is 3.77. The number of hydrogen-bond acceptors (Lipinski definition) is 1. The number of hydrogen-bond donors (Lipinski definition) is 0. The maximum Gasteiger partial charge on any atom is 0.162 e. The summed E-state index contributed by atoms with van der Waals surface area (Å²) in [6.07, 6.45) is 6.30. The highest BCUT2D eigenvalue weighted by Gasteiger charge is 2.26. The minimum absolute atomic E-state index is 0.0370. The van der Waals surface area contributed by atoms with Crippen LogP contribution < -0.4 is 0 Å². The zero-order valence-electron chi connectivity index (χ0n) is 7.13. The van der Waals surface area contributed by atoms with Gasteiger partial charge in [0, 0.05) is 5.92 Å². The van der Waals surface area contributed by atoms with E-state index < -0.39 is 0 Å². The van der Waals surface area contributed by atoms with Gasteiger partial charge in [-0.25, -0.2) is 0 Å². The van der Waals surface area contributed by atoms with Crippen LogP contribution in [0.25, 0.3) is 0 Å². The van der Waals surface area contributed by atoms with Crippen molar-refractivity contribution in [2.24, 2.45) is 11.3 Å². The third kappa shape index (κ3) is 1.79. The molecule has 0 saturated heterocycles. The Bertz CT molecular complexity index is 211. The topological polar surface area (TPSA) is 17.1 Å². The van der Waals surface area contributed by atoms with Crippen molar-refractivity contribution >= 4 is 5.78 Å². The molecule has 0 aliphatic heterocycles. The average molecular weight is 150 g/mol. The third-order valence-electron chi connectivity index (χ3n) is 2.09. The molecule has 1 unspecified atom stereocenters. The number of carbonyl (C=O) groups excluding carboxylic acids is 1. The number of carbonyl (C=O) groups is 1. The summed E-state index contributed by atoms with van der Waals surface area (Å²) in [5.41, 5.74) is 0.159. The summed E-state index contributed by atoms with van der Waals surface area (Å²) in [6.45, 7) is 7.91. The summed E-state index contributed by atoms with van der Waals surface area (Å²) in [5, 5.41) is 0. The predicted molar refractivity (Wildman–Crippen MR) is 46.2 cm³/mol. The quantitative estimate of drug-likeness (QED) is 0.524. The lowest BCUT2D eigenvalue weighted by molar-refractivity contribution is -0.118. The lowest BCUT2D eigenvalue weighted by Gasteiger charge is -2.27. The molecule has 1 atom stereocenters. The first-order chi connectivity index (χ1) is 5.05. The molecule has 0 heterocycles. The molecule has 1 rings (SSSR count). The molecular weight excluding hydrogens is 136 g/mol. The Hall–Kier alpha value is -0.850. The summed E-state index contributed by atoms with van der Waals surface area (Å²) >= 11 is 0. The molecular formula is C10H14O. The molecule has 1 nitrogen and oxygen atoms in total. The molecule has 0 aromatic carbocycles. The van der Waals surface area contributed by atoms with Crippen LogP contribution in [0.1, 0.15) is 20.3 Å². The first-order valence-corrected chi connectivity index (χ1v) is 3.91. The van der Waals surface area contributed by atoms with Crippen molar-refractivity contribution in [3.8, 4) is 0 Å². The van der Waals surface area contributed by atoms with Crippen molar-refractivity contribution in [1.29, 1.82) is 0 Å². The summed E-state index contributed by atoms with van der Waals surface area (Å²) < 4.78 is 0. The largest absolute Gasteiger partial charge is 0.294 e. The molecule has 0 N–H and O–H groups in total. The Kier molecular flexibility index (Phi) is 1.99. The fourth-order valence-corrected chi connectivity index (χ4v) is 1.37. The van der Waals surface area contributed by atoms with Crippen molar-refractivity contribution in [1.82, 2.24) is 0 Å². The van der Waals surface area contributed by atoms with Crippen LogP contribution in [-0.4, -0.2) is 5.78 Å². The van der Waals surface area contributed by atoms with E-state index in [0.29, 0.717) is 0 Å². The molecule has 0 fully saturated rings. The minimum atomic E-state index is 0.0370. The molecule has 1 aliphatic carbocycles. The van der Waals surface area contributed by atoms with E-state index in [2.05, 4.69) is 20.4 Å². The van der Waals surface area contributed by atoms with E-state index in [9.17, 15) is 4.79 Å². The zero-order chi connectivity index (χ0) is 8.48. The fraction of sp³-hybridized carbons (Fsp3) is 0.500. The monoisotopic (exact) mass is 150 g/mol. The Balaban J connectivity index is 2.83. The van der Waals surface area contributed by atoms with Gasteiger partial charge in [-0.3, -0.25) is 4.79 Å². The van der Waals surface area contributed by atoms with E-state index in [-0.39, 0.29) is 17.1 Å². The van der Waals surface area contributed by atoms with Crippen molar-refractivity contribution in [2.75, 3.05) is 0 Å². The van der Waals surface area contributed by atoms with Gasteiger partial charge in [-0.1, -0.05) is 26.0 Å². The van der Waals surface area contributed by atoms with Crippen LogP contribution in [0.4, 0.5) is 0 Å². The second kappa shape index (κ2) is 2.65. The smallest absolute Gasteiger partial charge is 0.162 e. The molecule has 0 aromatic heterocycles. The summed E-state index contributed by atoms with van der Waals surface area (Å²) in [5.74, 6) is 0.231. The van der Waals surface area contributed by atoms with E-state index in [4.69, 9.17) is 0 Å². The van der Waals surface area contributed by atoms with Gasteiger partial charge in [0.15, 0.2) is 5.78 Å². The summed E-state index contributed by atoms with van der Waals surface area (Å²) in [4.78, 5) is 11.2. The Morgan fingerprint density at radius 1 is 1.73 bits per heavy atom. The van der Waals surface area contributed by atoms with Gasteiger partial charge in [-0.2, -0.15) is 0 Å². The van der Waals surface area contributed by atoms with Crippen molar-refractivity contribution in [2.45, 2.75) is 20.3 Å². The zero-order valence-corrected chi connectivity index (χ0v) is 7.13. The highest BCUT2D eigenvalue weighted by atomic mass is 16.1. The van der Waals surface area contributed by atoms with Crippen LogP contribution in [0, 0.1) is 11.3 Å². The molecule has 60 valence electrons. The van der Waals surface area contributed by atoms with E-state index in [1.54, 1.807) is 12.2 Å². The van der Waals surface area contributed by atoms with Gasteiger partial charge in [0.25, 0.3) is 0 Å². The van der Waals surface area contributed by atoms with Crippen LogP contribution in [0.5, 0.6) is 0 Å². The summed E-state index contributed by atoms with van der Waals surface area (Å²) in [6, 6.07) is 0. The Labute approximate surface area is 67.8 Å². The fourth-order valence-electron chi connectivity index (χ4n) is 1.37. The minimum Gasteiger partial charge on any atom is -0.294 e. The van der Waals surface area contributed by atoms with Gasteiger partial charge in [0.2, 0.25) is 0 Å². The molecule has 11 heavy (non-hydrogen) atoms. The van der Waals surface area contributed by atoms with Crippen molar-refractivity contribution in [3.05, 3.63) is 24.8 Å². The standard InChI is InChI=1S/C10H14O/c1-4-8-7-10(2,3)6-5-9(8)11/h4-6,8H,1,7H2,2-3H3. The van der Waals surface area contributed by atoms with E-state index in [1.165, 1.54) is 0 Å². The van der Waals surface area contributed by atoms with Crippen LogP contribution in [0.2, 0.25) is 0 Å². The van der Waals surface area contributed by atoms with Gasteiger partial charge in [-0.15, -0.1) is 6.58 Å². The summed E-state index contributed by atoms with van der Waals surface area (Å²) in [7, 11) is 0. The van der Waals surface area contributed by atoms with Gasteiger partial charge in [0.05, 0.1) is 0 Å². The second-order valence-corrected chi connectivity index (χ2v) is 3.77. The lowest BCUT2D eigenvalue weighted by atomic mass is 9.76. The van der Waals surface area contributed by atoms with E-state index >= 15 is 0 Å². The predicted octanol–water partition coefficient (Wildman–Crippen LogP) is 2.34. The third-order valence-corrected chi connectivity index (χ3v) is 2.09. The van der Waals surface area contributed by atoms with E-state index in [1.807, 2.05) is 6.08 Å². The molecule has 1 heteroatoms. The van der Waals surface area contributed by atoms with Crippen LogP contribution in [-0.2, 0) is 4.79 Å². The van der Waals surface area contributed by atoms with Gasteiger partial charge >= 0.3 is 0 Å². The molecule has 0 spiro atoms. The Morgan fingerprint density at radius 3 is 2.82 bits per heavy atom. The Morgan fingerprint density at radius 2 is 2.36 bits per heavy atom. The van der Waals surface area contributed by atoms with Crippen LogP contribution in [0.15, 0.2) is 24.8 Å². The number of allylic oxidation sites excluding steroid dienone is 3. The molecule has 0 aromatic rings. The highest BCUT2D eigenvalue weighted by Crippen LogP contribution is 2.31. The first-order valence-electron chi connectivity index (χ1n) is 3.91. The maximum absolute atomic E-state index is 11.2. The van der Waals surface area contributed by atoms with Crippen LogP contribution >= 0.6 is 0 Å². The maximum atomic E-state index is 11.2. The van der Waals surface area contributed by atoms with Gasteiger partial charge in [-0.05, 0) is 17.9 Å². The van der Waals surface area contributed by atoms with Crippen molar-refractivity contribution < 1.29 is 4.79 Å². The van der Waals surface area contributed by atoms with E-state index in [0.717, 1.165) is 6.42 Å². The molecule has 1 aliphatic rings.